The number of carbonyl (C=O) groups is 1. The fourth-order valence-corrected chi connectivity index (χ4v) is 3.08. The van der Waals surface area contributed by atoms with Crippen molar-refractivity contribution in [3.05, 3.63) is 53.6 Å². The van der Waals surface area contributed by atoms with Gasteiger partial charge in [-0.25, -0.2) is 8.78 Å². The highest BCUT2D eigenvalue weighted by Crippen LogP contribution is 2.32. The highest BCUT2D eigenvalue weighted by atomic mass is 19.1. The Morgan fingerprint density at radius 1 is 1.04 bits per heavy atom. The number of methoxy groups -OCH3 is 1. The highest BCUT2D eigenvalue weighted by Gasteiger charge is 2.19. The average molecular weight is 361 g/mol. The number of benzene rings is 2. The Balaban J connectivity index is 1.80. The molecule has 0 spiro atoms. The number of hydrogen-bond acceptors (Lipinski definition) is 3. The van der Waals surface area contributed by atoms with Crippen LogP contribution in [0.4, 0.5) is 14.5 Å². The molecule has 1 N–H and O–H groups in total. The number of hydrogen-bond donors (Lipinski definition) is 1. The van der Waals surface area contributed by atoms with Crippen LogP contribution >= 0.6 is 0 Å². The van der Waals surface area contributed by atoms with Crippen LogP contribution in [-0.2, 0) is 0 Å². The summed E-state index contributed by atoms with van der Waals surface area (Å²) in [4.78, 5) is 12.4. The van der Waals surface area contributed by atoms with Gasteiger partial charge in [0.25, 0.3) is 5.91 Å². The molecule has 3 rings (SSSR count). The van der Waals surface area contributed by atoms with E-state index in [1.807, 2.05) is 0 Å². The second-order valence-corrected chi connectivity index (χ2v) is 6.29. The van der Waals surface area contributed by atoms with Gasteiger partial charge in [0, 0.05) is 5.56 Å². The first kappa shape index (κ1) is 18.2. The maximum atomic E-state index is 13.7. The molecule has 4 nitrogen and oxygen atoms in total. The third kappa shape index (κ3) is 4.12. The van der Waals surface area contributed by atoms with Crippen LogP contribution in [0.1, 0.15) is 42.5 Å². The summed E-state index contributed by atoms with van der Waals surface area (Å²) in [5.74, 6) is -1.30. The van der Waals surface area contributed by atoms with E-state index in [0.717, 1.165) is 37.8 Å². The van der Waals surface area contributed by atoms with E-state index in [0.29, 0.717) is 11.5 Å². The molecule has 0 unspecified atom stereocenters. The predicted octanol–water partition coefficient (Wildman–Crippen LogP) is 4.94. The number of rotatable bonds is 5. The smallest absolute Gasteiger partial charge is 0.255 e. The quantitative estimate of drug-likeness (QED) is 0.821. The second kappa shape index (κ2) is 8.17. The van der Waals surface area contributed by atoms with Crippen molar-refractivity contribution < 1.29 is 23.0 Å². The molecule has 0 aliphatic heterocycles. The summed E-state index contributed by atoms with van der Waals surface area (Å²) in [7, 11) is 1.53. The SMILES string of the molecule is COc1ccc(C(=O)Nc2c(F)cccc2F)cc1OC1CCCCC1. The largest absolute Gasteiger partial charge is 0.493 e. The molecule has 0 atom stereocenters. The molecular weight excluding hydrogens is 340 g/mol. The van der Waals surface area contributed by atoms with E-state index < -0.39 is 23.2 Å². The van der Waals surface area contributed by atoms with E-state index in [2.05, 4.69) is 5.32 Å². The average Bonchev–Trinajstić information content (AvgIpc) is 2.65. The van der Waals surface area contributed by atoms with Gasteiger partial charge in [0.05, 0.1) is 13.2 Å². The third-order valence-electron chi connectivity index (χ3n) is 4.47. The third-order valence-corrected chi connectivity index (χ3v) is 4.47. The molecule has 0 saturated heterocycles. The minimum atomic E-state index is -0.828. The molecule has 2 aromatic rings. The van der Waals surface area contributed by atoms with Crippen molar-refractivity contribution in [3.63, 3.8) is 0 Å². The first-order valence-corrected chi connectivity index (χ1v) is 8.68. The fourth-order valence-electron chi connectivity index (χ4n) is 3.08. The number of anilines is 1. The van der Waals surface area contributed by atoms with Crippen molar-refractivity contribution in [3.8, 4) is 11.5 Å². The van der Waals surface area contributed by atoms with E-state index in [9.17, 15) is 13.6 Å². The topological polar surface area (TPSA) is 47.6 Å². The molecule has 1 saturated carbocycles. The lowest BCUT2D eigenvalue weighted by molar-refractivity contribution is 0.102. The molecule has 0 radical (unpaired) electrons. The summed E-state index contributed by atoms with van der Waals surface area (Å²) in [5.41, 5.74) is -0.234. The molecule has 1 aliphatic carbocycles. The lowest BCUT2D eigenvalue weighted by Gasteiger charge is -2.24. The Bertz CT molecular complexity index is 768. The Morgan fingerprint density at radius 3 is 2.38 bits per heavy atom. The van der Waals surface area contributed by atoms with Crippen LogP contribution in [0.5, 0.6) is 11.5 Å². The predicted molar refractivity (Wildman–Crippen MR) is 94.8 cm³/mol. The van der Waals surface area contributed by atoms with Gasteiger partial charge in [-0.1, -0.05) is 12.5 Å². The fraction of sp³-hybridized carbons (Fsp3) is 0.350. The summed E-state index contributed by atoms with van der Waals surface area (Å²) in [6, 6.07) is 8.10. The zero-order valence-corrected chi connectivity index (χ0v) is 14.6. The van der Waals surface area contributed by atoms with Crippen molar-refractivity contribution in [2.24, 2.45) is 0 Å². The molecule has 1 amide bonds. The number of amides is 1. The van der Waals surface area contributed by atoms with Crippen molar-refractivity contribution in [1.82, 2.24) is 0 Å². The lowest BCUT2D eigenvalue weighted by atomic mass is 9.98. The standard InChI is InChI=1S/C20H21F2NO3/c1-25-17-11-10-13(12-18(17)26-14-6-3-2-4-7-14)20(24)23-19-15(21)8-5-9-16(19)22/h5,8-12,14H,2-4,6-7H2,1H3,(H,23,24). The molecule has 1 aliphatic rings. The lowest BCUT2D eigenvalue weighted by Crippen LogP contribution is -2.20. The van der Waals surface area contributed by atoms with E-state index in [-0.39, 0.29) is 11.7 Å². The van der Waals surface area contributed by atoms with Crippen LogP contribution in [-0.4, -0.2) is 19.1 Å². The Labute approximate surface area is 151 Å². The second-order valence-electron chi connectivity index (χ2n) is 6.29. The molecule has 0 heterocycles. The zero-order valence-electron chi connectivity index (χ0n) is 14.6. The van der Waals surface area contributed by atoms with E-state index in [1.165, 1.54) is 25.7 Å². The number of para-hydroxylation sites is 1. The Morgan fingerprint density at radius 2 is 1.73 bits per heavy atom. The van der Waals surface area contributed by atoms with Gasteiger partial charge in [-0.15, -0.1) is 0 Å². The molecular formula is C20H21F2NO3. The van der Waals surface area contributed by atoms with Gasteiger partial charge in [-0.05, 0) is 56.0 Å². The molecule has 2 aromatic carbocycles. The van der Waals surface area contributed by atoms with Crippen LogP contribution in [0.3, 0.4) is 0 Å². The van der Waals surface area contributed by atoms with Gasteiger partial charge in [-0.2, -0.15) is 0 Å². The Hall–Kier alpha value is -2.63. The van der Waals surface area contributed by atoms with Crippen LogP contribution in [0, 0.1) is 11.6 Å². The van der Waals surface area contributed by atoms with Gasteiger partial charge in [0.15, 0.2) is 11.5 Å². The summed E-state index contributed by atoms with van der Waals surface area (Å²) in [6.45, 7) is 0. The van der Waals surface area contributed by atoms with Crippen molar-refractivity contribution in [2.75, 3.05) is 12.4 Å². The van der Waals surface area contributed by atoms with Gasteiger partial charge < -0.3 is 14.8 Å². The molecule has 138 valence electrons. The molecule has 1 fully saturated rings. The summed E-state index contributed by atoms with van der Waals surface area (Å²) >= 11 is 0. The summed E-state index contributed by atoms with van der Waals surface area (Å²) in [5, 5.41) is 2.28. The minimum Gasteiger partial charge on any atom is -0.493 e. The number of carbonyl (C=O) groups excluding carboxylic acids is 1. The van der Waals surface area contributed by atoms with Gasteiger partial charge in [-0.3, -0.25) is 4.79 Å². The van der Waals surface area contributed by atoms with E-state index in [1.54, 1.807) is 12.1 Å². The number of nitrogens with one attached hydrogen (secondary N) is 1. The number of ether oxygens (including phenoxy) is 2. The van der Waals surface area contributed by atoms with Crippen LogP contribution < -0.4 is 14.8 Å². The monoisotopic (exact) mass is 361 g/mol. The first-order valence-electron chi connectivity index (χ1n) is 8.68. The molecule has 26 heavy (non-hydrogen) atoms. The number of halogens is 2. The molecule has 6 heteroatoms. The van der Waals surface area contributed by atoms with Crippen LogP contribution in [0.15, 0.2) is 36.4 Å². The van der Waals surface area contributed by atoms with Crippen LogP contribution in [0.25, 0.3) is 0 Å². The maximum absolute atomic E-state index is 13.7. The minimum absolute atomic E-state index is 0.0833. The van der Waals surface area contributed by atoms with Crippen molar-refractivity contribution in [1.29, 1.82) is 0 Å². The molecule has 0 bridgehead atoms. The van der Waals surface area contributed by atoms with Crippen molar-refractivity contribution in [2.45, 2.75) is 38.2 Å². The zero-order chi connectivity index (χ0) is 18.5. The highest BCUT2D eigenvalue weighted by molar-refractivity contribution is 6.04. The van der Waals surface area contributed by atoms with Gasteiger partial charge >= 0.3 is 0 Å². The van der Waals surface area contributed by atoms with E-state index >= 15 is 0 Å². The van der Waals surface area contributed by atoms with Gasteiger partial charge in [0.2, 0.25) is 0 Å². The van der Waals surface area contributed by atoms with Crippen molar-refractivity contribution >= 4 is 11.6 Å². The Kier molecular flexibility index (Phi) is 5.71. The van der Waals surface area contributed by atoms with Gasteiger partial charge in [0.1, 0.15) is 17.3 Å². The normalized spacial score (nSPS) is 14.7. The summed E-state index contributed by atoms with van der Waals surface area (Å²) in [6.07, 6.45) is 5.42. The first-order chi connectivity index (χ1) is 12.6. The maximum Gasteiger partial charge on any atom is 0.255 e. The summed E-state index contributed by atoms with van der Waals surface area (Å²) < 4.78 is 38.8. The van der Waals surface area contributed by atoms with E-state index in [4.69, 9.17) is 9.47 Å². The molecule has 0 aromatic heterocycles. The van der Waals surface area contributed by atoms with Crippen LogP contribution in [0.2, 0.25) is 0 Å².